The molecule has 1 aromatic heterocycles. The Morgan fingerprint density at radius 1 is 1.30 bits per heavy atom. The molecule has 1 aromatic rings. The van der Waals surface area contributed by atoms with Crippen LogP contribution in [-0.2, 0) is 20.8 Å². The van der Waals surface area contributed by atoms with E-state index in [1.165, 1.54) is 0 Å². The molecule has 1 atom stereocenters. The molecular weight excluding hydrogens is 342 g/mol. The van der Waals surface area contributed by atoms with Crippen LogP contribution in [0, 0.1) is 5.92 Å². The van der Waals surface area contributed by atoms with E-state index in [0.717, 1.165) is 77.1 Å². The van der Waals surface area contributed by atoms with E-state index < -0.39 is 0 Å². The second-order valence-corrected chi connectivity index (χ2v) is 8.29. The Morgan fingerprint density at radius 3 is 2.93 bits per heavy atom. The largest absolute Gasteiger partial charge is 0.372 e. The predicted octanol–water partition coefficient (Wildman–Crippen LogP) is 2.09. The molecule has 0 bridgehead atoms. The van der Waals surface area contributed by atoms with E-state index in [1.54, 1.807) is 0 Å². The van der Waals surface area contributed by atoms with Gasteiger partial charge in [-0.2, -0.15) is 0 Å². The Kier molecular flexibility index (Phi) is 6.05. The molecule has 0 aromatic carbocycles. The minimum atomic E-state index is 0.0308. The van der Waals surface area contributed by atoms with E-state index in [-0.39, 0.29) is 18.1 Å². The van der Waals surface area contributed by atoms with Crippen LogP contribution in [0.3, 0.4) is 0 Å². The highest BCUT2D eigenvalue weighted by atomic mass is 16.5. The van der Waals surface area contributed by atoms with Gasteiger partial charge in [0.1, 0.15) is 6.61 Å². The summed E-state index contributed by atoms with van der Waals surface area (Å²) in [5.74, 6) is 0.790. The smallest absolute Gasteiger partial charge is 0.248 e. The zero-order valence-corrected chi connectivity index (χ0v) is 16.1. The van der Waals surface area contributed by atoms with Crippen LogP contribution in [0.15, 0.2) is 24.4 Å². The summed E-state index contributed by atoms with van der Waals surface area (Å²) in [6, 6.07) is 6.08. The molecule has 1 spiro atoms. The molecule has 0 aliphatic carbocycles. The fourth-order valence-corrected chi connectivity index (χ4v) is 4.66. The molecule has 148 valence electrons. The number of carbonyl (C=O) groups excluding carboxylic acids is 1. The first-order chi connectivity index (χ1) is 13.2. The molecule has 3 fully saturated rings. The van der Waals surface area contributed by atoms with Gasteiger partial charge in [0, 0.05) is 52.1 Å². The first-order valence-corrected chi connectivity index (χ1v) is 10.3. The monoisotopic (exact) mass is 373 g/mol. The maximum atomic E-state index is 12.0. The molecule has 0 N–H and O–H groups in total. The molecule has 1 amide bonds. The van der Waals surface area contributed by atoms with Crippen molar-refractivity contribution in [3.05, 3.63) is 30.1 Å². The summed E-state index contributed by atoms with van der Waals surface area (Å²) < 4.78 is 11.8. The van der Waals surface area contributed by atoms with Crippen LogP contribution >= 0.6 is 0 Å². The number of carbonyl (C=O) groups is 1. The second-order valence-electron chi connectivity index (χ2n) is 8.29. The van der Waals surface area contributed by atoms with Gasteiger partial charge in [-0.05, 0) is 50.2 Å². The van der Waals surface area contributed by atoms with Gasteiger partial charge in [0.15, 0.2) is 0 Å². The molecule has 0 saturated carbocycles. The lowest BCUT2D eigenvalue weighted by atomic mass is 9.79. The summed E-state index contributed by atoms with van der Waals surface area (Å²) in [6.45, 7) is 6.46. The maximum Gasteiger partial charge on any atom is 0.248 e. The van der Waals surface area contributed by atoms with E-state index in [0.29, 0.717) is 12.5 Å². The van der Waals surface area contributed by atoms with E-state index in [1.807, 2.05) is 23.2 Å². The molecular formula is C21H31N3O3. The number of rotatable bonds is 7. The van der Waals surface area contributed by atoms with Crippen LogP contribution in [0.4, 0.5) is 0 Å². The van der Waals surface area contributed by atoms with Gasteiger partial charge < -0.3 is 14.4 Å². The van der Waals surface area contributed by atoms with Crippen molar-refractivity contribution in [1.82, 2.24) is 14.8 Å². The molecule has 6 nitrogen and oxygen atoms in total. The number of hydrogen-bond donors (Lipinski definition) is 0. The Balaban J connectivity index is 1.14. The van der Waals surface area contributed by atoms with E-state index in [9.17, 15) is 4.79 Å². The van der Waals surface area contributed by atoms with Gasteiger partial charge >= 0.3 is 0 Å². The van der Waals surface area contributed by atoms with Crippen LogP contribution in [-0.4, -0.2) is 72.3 Å². The standard InChI is InChI=1S/C21H31N3O3/c25-20(24-9-3-4-10-24)15-26-11-6-18-7-12-27-21(13-18)16-23(17-21)14-19-5-1-2-8-22-19/h1-2,5,8,18H,3-4,6-7,9-17H2/t18-/m0/s1. The van der Waals surface area contributed by atoms with Crippen molar-refractivity contribution in [2.45, 2.75) is 44.2 Å². The van der Waals surface area contributed by atoms with Crippen molar-refractivity contribution in [3.63, 3.8) is 0 Å². The minimum absolute atomic E-state index is 0.0308. The molecule has 6 heteroatoms. The van der Waals surface area contributed by atoms with Gasteiger partial charge in [0.2, 0.25) is 5.91 Å². The first-order valence-electron chi connectivity index (χ1n) is 10.3. The van der Waals surface area contributed by atoms with E-state index in [2.05, 4.69) is 16.0 Å². The van der Waals surface area contributed by atoms with Gasteiger partial charge in [-0.15, -0.1) is 0 Å². The number of likely N-dealkylation sites (tertiary alicyclic amines) is 2. The quantitative estimate of drug-likeness (QED) is 0.685. The molecule has 4 rings (SSSR count). The highest BCUT2D eigenvalue weighted by molar-refractivity contribution is 5.77. The third-order valence-electron chi connectivity index (χ3n) is 6.09. The van der Waals surface area contributed by atoms with Crippen molar-refractivity contribution in [2.24, 2.45) is 5.92 Å². The molecule has 0 unspecified atom stereocenters. The van der Waals surface area contributed by atoms with Gasteiger partial charge in [0.25, 0.3) is 0 Å². The van der Waals surface area contributed by atoms with Crippen LogP contribution in [0.1, 0.15) is 37.8 Å². The highest BCUT2D eigenvalue weighted by Gasteiger charge is 2.47. The minimum Gasteiger partial charge on any atom is -0.372 e. The van der Waals surface area contributed by atoms with E-state index >= 15 is 0 Å². The van der Waals surface area contributed by atoms with Crippen LogP contribution in [0.2, 0.25) is 0 Å². The Labute approximate surface area is 161 Å². The van der Waals surface area contributed by atoms with E-state index in [4.69, 9.17) is 9.47 Å². The molecule has 3 aliphatic rings. The zero-order chi connectivity index (χ0) is 18.5. The third-order valence-corrected chi connectivity index (χ3v) is 6.09. The second kappa shape index (κ2) is 8.67. The van der Waals surface area contributed by atoms with Gasteiger partial charge in [-0.3, -0.25) is 14.7 Å². The maximum absolute atomic E-state index is 12.0. The molecule has 27 heavy (non-hydrogen) atoms. The number of aromatic nitrogens is 1. The van der Waals surface area contributed by atoms with Gasteiger partial charge in [-0.1, -0.05) is 6.07 Å². The molecule has 3 aliphatic heterocycles. The topological polar surface area (TPSA) is 54.9 Å². The van der Waals surface area contributed by atoms with Crippen molar-refractivity contribution < 1.29 is 14.3 Å². The Hall–Kier alpha value is -1.50. The summed E-state index contributed by atoms with van der Waals surface area (Å²) in [4.78, 5) is 20.8. The fourth-order valence-electron chi connectivity index (χ4n) is 4.66. The van der Waals surface area contributed by atoms with Crippen molar-refractivity contribution in [2.75, 3.05) is 46.0 Å². The first kappa shape index (κ1) is 18.8. The van der Waals surface area contributed by atoms with Gasteiger partial charge in [0.05, 0.1) is 11.3 Å². The molecule has 4 heterocycles. The average Bonchev–Trinajstić information content (AvgIpc) is 3.20. The Bertz CT molecular complexity index is 612. The summed E-state index contributed by atoms with van der Waals surface area (Å²) in [5, 5.41) is 0. The summed E-state index contributed by atoms with van der Waals surface area (Å²) in [6.07, 6.45) is 7.35. The summed E-state index contributed by atoms with van der Waals surface area (Å²) in [7, 11) is 0. The van der Waals surface area contributed by atoms with Crippen LogP contribution < -0.4 is 0 Å². The average molecular weight is 373 g/mol. The highest BCUT2D eigenvalue weighted by Crippen LogP contribution is 2.38. The predicted molar refractivity (Wildman–Crippen MR) is 102 cm³/mol. The summed E-state index contributed by atoms with van der Waals surface area (Å²) in [5.41, 5.74) is 1.15. The number of pyridine rings is 1. The fraction of sp³-hybridized carbons (Fsp3) is 0.714. The number of hydrogen-bond acceptors (Lipinski definition) is 5. The lowest BCUT2D eigenvalue weighted by molar-refractivity contribution is -0.182. The number of nitrogens with zero attached hydrogens (tertiary/aromatic N) is 3. The lowest BCUT2D eigenvalue weighted by Gasteiger charge is -2.53. The van der Waals surface area contributed by atoms with Crippen LogP contribution in [0.5, 0.6) is 0 Å². The zero-order valence-electron chi connectivity index (χ0n) is 16.1. The van der Waals surface area contributed by atoms with Crippen molar-refractivity contribution in [1.29, 1.82) is 0 Å². The third kappa shape index (κ3) is 4.86. The number of amides is 1. The SMILES string of the molecule is O=C(COCC[C@H]1CCOC2(C1)CN(Cc1ccccn1)C2)N1CCCC1. The van der Waals surface area contributed by atoms with Crippen LogP contribution in [0.25, 0.3) is 0 Å². The Morgan fingerprint density at radius 2 is 2.15 bits per heavy atom. The lowest BCUT2D eigenvalue weighted by Crippen LogP contribution is -2.64. The van der Waals surface area contributed by atoms with Crippen molar-refractivity contribution in [3.8, 4) is 0 Å². The normalized spacial score (nSPS) is 24.9. The number of ether oxygens (including phenoxy) is 2. The van der Waals surface area contributed by atoms with Crippen molar-refractivity contribution >= 4 is 5.91 Å². The molecule has 0 radical (unpaired) electrons. The van der Waals surface area contributed by atoms with Gasteiger partial charge in [-0.25, -0.2) is 0 Å². The summed E-state index contributed by atoms with van der Waals surface area (Å²) >= 11 is 0. The molecule has 3 saturated heterocycles.